The van der Waals surface area contributed by atoms with E-state index in [4.69, 9.17) is 28.0 Å². The fourth-order valence-electron chi connectivity index (χ4n) is 4.16. The van der Waals surface area contributed by atoms with E-state index in [2.05, 4.69) is 25.3 Å². The van der Waals surface area contributed by atoms with Crippen molar-refractivity contribution in [1.82, 2.24) is 10.2 Å². The molecule has 9 heteroatoms. The number of rotatable bonds is 7. The third-order valence-corrected chi connectivity index (χ3v) is 6.22. The van der Waals surface area contributed by atoms with Crippen LogP contribution < -0.4 is 15.0 Å². The van der Waals surface area contributed by atoms with Gasteiger partial charge in [-0.3, -0.25) is 4.79 Å². The van der Waals surface area contributed by atoms with Gasteiger partial charge in [-0.25, -0.2) is 4.85 Å². The number of anilines is 2. The van der Waals surface area contributed by atoms with Crippen molar-refractivity contribution in [2.75, 3.05) is 30.4 Å². The topological polar surface area (TPSA) is 91.9 Å². The van der Waals surface area contributed by atoms with E-state index in [-0.39, 0.29) is 12.3 Å². The normalized spacial score (nSPS) is 14.2. The number of carboxylic acid groups (broad SMARTS) is 1. The summed E-state index contributed by atoms with van der Waals surface area (Å²) in [5, 5.41) is 23.6. The Labute approximate surface area is 197 Å². The Kier molecular flexibility index (Phi) is 6.80. The molecule has 2 N–H and O–H groups in total. The van der Waals surface area contributed by atoms with Gasteiger partial charge in [0.05, 0.1) is 18.7 Å². The van der Waals surface area contributed by atoms with Gasteiger partial charge in [0.25, 0.3) is 0 Å². The van der Waals surface area contributed by atoms with Crippen molar-refractivity contribution in [2.45, 2.75) is 25.8 Å². The molecule has 1 aliphatic heterocycles. The van der Waals surface area contributed by atoms with Crippen LogP contribution >= 0.6 is 11.6 Å². The second kappa shape index (κ2) is 9.92. The van der Waals surface area contributed by atoms with Gasteiger partial charge in [-0.15, -0.1) is 10.2 Å². The molecule has 3 aromatic rings. The first-order valence-electron chi connectivity index (χ1n) is 10.7. The number of benzene rings is 2. The zero-order valence-electron chi connectivity index (χ0n) is 18.2. The summed E-state index contributed by atoms with van der Waals surface area (Å²) in [5.41, 5.74) is 1.49. The standard InChI is InChI=1S/C24H24ClN5O3/c1-26-17-4-5-18-19(13-17)23(27-14-16-3-6-21(33-2)20(25)11-16)28-29-24(18)30-9-7-15(8-10-30)12-22(31)32/h3-6,11,13,15H,7-10,12,14H2,2H3,(H,27,28)(H,31,32). The molecule has 4 rings (SSSR count). The number of hydrogen-bond donors (Lipinski definition) is 2. The van der Waals surface area contributed by atoms with E-state index in [9.17, 15) is 4.79 Å². The minimum Gasteiger partial charge on any atom is -0.495 e. The lowest BCUT2D eigenvalue weighted by molar-refractivity contribution is -0.138. The van der Waals surface area contributed by atoms with Gasteiger partial charge in [-0.05, 0) is 42.5 Å². The molecule has 2 heterocycles. The number of carboxylic acids is 1. The number of nitrogens with one attached hydrogen (secondary N) is 1. The van der Waals surface area contributed by atoms with Gasteiger partial charge in [0, 0.05) is 36.8 Å². The quantitative estimate of drug-likeness (QED) is 0.466. The molecule has 0 unspecified atom stereocenters. The second-order valence-electron chi connectivity index (χ2n) is 8.06. The summed E-state index contributed by atoms with van der Waals surface area (Å²) in [7, 11) is 1.58. The van der Waals surface area contributed by atoms with Crippen LogP contribution in [-0.2, 0) is 11.3 Å². The van der Waals surface area contributed by atoms with Crippen LogP contribution in [0.2, 0.25) is 5.02 Å². The third-order valence-electron chi connectivity index (χ3n) is 5.93. The summed E-state index contributed by atoms with van der Waals surface area (Å²) in [6.45, 7) is 9.33. The Morgan fingerprint density at radius 2 is 2.03 bits per heavy atom. The lowest BCUT2D eigenvalue weighted by Gasteiger charge is -2.32. The smallest absolute Gasteiger partial charge is 0.303 e. The molecule has 33 heavy (non-hydrogen) atoms. The van der Waals surface area contributed by atoms with E-state index >= 15 is 0 Å². The number of carbonyl (C=O) groups is 1. The number of halogens is 1. The molecule has 0 aliphatic carbocycles. The third kappa shape index (κ3) is 5.10. The number of ether oxygens (including phenoxy) is 1. The fourth-order valence-corrected chi connectivity index (χ4v) is 4.44. The van der Waals surface area contributed by atoms with Crippen LogP contribution in [0.15, 0.2) is 36.4 Å². The first-order valence-corrected chi connectivity index (χ1v) is 11.1. The predicted molar refractivity (Wildman–Crippen MR) is 128 cm³/mol. The Bertz CT molecular complexity index is 1220. The Morgan fingerprint density at radius 3 is 2.70 bits per heavy atom. The maximum Gasteiger partial charge on any atom is 0.303 e. The largest absolute Gasteiger partial charge is 0.495 e. The molecule has 1 aromatic heterocycles. The van der Waals surface area contributed by atoms with Crippen LogP contribution in [-0.4, -0.2) is 41.5 Å². The monoisotopic (exact) mass is 465 g/mol. The van der Waals surface area contributed by atoms with Gasteiger partial charge >= 0.3 is 5.97 Å². The van der Waals surface area contributed by atoms with E-state index < -0.39 is 5.97 Å². The summed E-state index contributed by atoms with van der Waals surface area (Å²) in [6.07, 6.45) is 1.80. The van der Waals surface area contributed by atoms with Crippen LogP contribution in [0, 0.1) is 12.5 Å². The zero-order chi connectivity index (χ0) is 23.4. The molecule has 1 fully saturated rings. The number of nitrogens with zero attached hydrogens (tertiary/aromatic N) is 4. The zero-order valence-corrected chi connectivity index (χ0v) is 19.0. The number of fused-ring (bicyclic) bond motifs is 1. The number of methoxy groups -OCH3 is 1. The van der Waals surface area contributed by atoms with Crippen molar-refractivity contribution in [1.29, 1.82) is 0 Å². The molecule has 0 amide bonds. The van der Waals surface area contributed by atoms with Gasteiger partial charge in [-0.1, -0.05) is 29.8 Å². The molecule has 170 valence electrons. The lowest BCUT2D eigenvalue weighted by Crippen LogP contribution is -2.35. The van der Waals surface area contributed by atoms with Gasteiger partial charge < -0.3 is 20.1 Å². The van der Waals surface area contributed by atoms with Crippen molar-refractivity contribution in [3.05, 3.63) is 58.4 Å². The molecule has 1 saturated heterocycles. The highest BCUT2D eigenvalue weighted by Gasteiger charge is 2.24. The van der Waals surface area contributed by atoms with E-state index in [0.29, 0.717) is 28.8 Å². The number of aromatic nitrogens is 2. The molecule has 0 bridgehead atoms. The molecule has 0 spiro atoms. The molecule has 2 aromatic carbocycles. The minimum atomic E-state index is -0.751. The van der Waals surface area contributed by atoms with Gasteiger partial charge in [-0.2, -0.15) is 0 Å². The highest BCUT2D eigenvalue weighted by molar-refractivity contribution is 6.32. The summed E-state index contributed by atoms with van der Waals surface area (Å²) < 4.78 is 5.21. The molecule has 0 saturated carbocycles. The van der Waals surface area contributed by atoms with Crippen LogP contribution in [0.25, 0.3) is 15.6 Å². The second-order valence-corrected chi connectivity index (χ2v) is 8.47. The Balaban J connectivity index is 1.59. The number of piperidine rings is 1. The molecular weight excluding hydrogens is 442 g/mol. The van der Waals surface area contributed by atoms with E-state index in [1.54, 1.807) is 13.2 Å². The van der Waals surface area contributed by atoms with Crippen LogP contribution in [0.5, 0.6) is 5.75 Å². The van der Waals surface area contributed by atoms with Crippen LogP contribution in [0.4, 0.5) is 17.3 Å². The Hall–Kier alpha value is -3.57. The summed E-state index contributed by atoms with van der Waals surface area (Å²) in [4.78, 5) is 16.7. The van der Waals surface area contributed by atoms with Gasteiger partial charge in [0.2, 0.25) is 0 Å². The average molecular weight is 466 g/mol. The summed E-state index contributed by atoms with van der Waals surface area (Å²) >= 11 is 6.24. The highest BCUT2D eigenvalue weighted by Crippen LogP contribution is 2.34. The fraction of sp³-hybridized carbons (Fsp3) is 0.333. The Morgan fingerprint density at radius 1 is 1.24 bits per heavy atom. The van der Waals surface area contributed by atoms with Crippen molar-refractivity contribution in [3.8, 4) is 5.75 Å². The SMILES string of the molecule is [C-]#[N+]c1ccc2c(N3CCC(CC(=O)O)CC3)nnc(NCc3ccc(OC)c(Cl)c3)c2c1. The summed E-state index contributed by atoms with van der Waals surface area (Å²) in [6, 6.07) is 11.1. The van der Waals surface area contributed by atoms with Crippen LogP contribution in [0.3, 0.4) is 0 Å². The van der Waals surface area contributed by atoms with Crippen molar-refractivity contribution in [3.63, 3.8) is 0 Å². The first-order chi connectivity index (χ1) is 16.0. The maximum absolute atomic E-state index is 11.0. The molecular formula is C24H24ClN5O3. The van der Waals surface area contributed by atoms with Gasteiger partial charge in [0.15, 0.2) is 17.3 Å². The van der Waals surface area contributed by atoms with E-state index in [1.807, 2.05) is 30.3 Å². The predicted octanol–water partition coefficient (Wildman–Crippen LogP) is 5.15. The van der Waals surface area contributed by atoms with Crippen molar-refractivity contribution < 1.29 is 14.6 Å². The molecule has 8 nitrogen and oxygen atoms in total. The molecule has 0 radical (unpaired) electrons. The van der Waals surface area contributed by atoms with Crippen molar-refractivity contribution in [2.24, 2.45) is 5.92 Å². The average Bonchev–Trinajstić information content (AvgIpc) is 2.82. The molecule has 0 atom stereocenters. The highest BCUT2D eigenvalue weighted by atomic mass is 35.5. The van der Waals surface area contributed by atoms with Crippen LogP contribution in [0.1, 0.15) is 24.8 Å². The van der Waals surface area contributed by atoms with E-state index in [1.165, 1.54) is 0 Å². The number of aliphatic carboxylic acids is 1. The lowest BCUT2D eigenvalue weighted by atomic mass is 9.93. The summed E-state index contributed by atoms with van der Waals surface area (Å²) in [5.74, 6) is 1.40. The molecule has 1 aliphatic rings. The van der Waals surface area contributed by atoms with E-state index in [0.717, 1.165) is 48.1 Å². The first kappa shape index (κ1) is 22.6. The minimum absolute atomic E-state index is 0.184. The maximum atomic E-state index is 11.0. The van der Waals surface area contributed by atoms with Crippen molar-refractivity contribution >= 4 is 45.7 Å². The number of hydrogen-bond acceptors (Lipinski definition) is 6. The van der Waals surface area contributed by atoms with Gasteiger partial charge in [0.1, 0.15) is 5.75 Å².